The van der Waals surface area contributed by atoms with Crippen LogP contribution in [-0.4, -0.2) is 69.6 Å². The van der Waals surface area contributed by atoms with Crippen LogP contribution in [0.25, 0.3) is 0 Å². The van der Waals surface area contributed by atoms with Gasteiger partial charge in [0.1, 0.15) is 19.3 Å². The highest BCUT2D eigenvalue weighted by molar-refractivity contribution is 5.69. The molecule has 286 valence electrons. The van der Waals surface area contributed by atoms with E-state index < -0.39 is 6.16 Å². The number of ether oxygens (including phenoxy) is 4. The van der Waals surface area contributed by atoms with Crippen molar-refractivity contribution in [1.82, 2.24) is 4.90 Å². The number of rotatable bonds is 35. The van der Waals surface area contributed by atoms with Crippen LogP contribution in [0, 0.1) is 0 Å². The van der Waals surface area contributed by atoms with Gasteiger partial charge >= 0.3 is 18.1 Å². The van der Waals surface area contributed by atoms with Gasteiger partial charge in [0.25, 0.3) is 0 Å². The summed E-state index contributed by atoms with van der Waals surface area (Å²) in [6, 6.07) is 0. The molecule has 0 atom stereocenters. The van der Waals surface area contributed by atoms with Gasteiger partial charge in [0, 0.05) is 19.4 Å². The zero-order valence-electron chi connectivity index (χ0n) is 32.2. The Balaban J connectivity index is 4.16. The molecule has 8 heteroatoms. The molecule has 0 saturated heterocycles. The first kappa shape index (κ1) is 46.6. The maximum Gasteiger partial charge on any atom is 0.508 e. The highest BCUT2D eigenvalue weighted by Crippen LogP contribution is 2.18. The smallest absolute Gasteiger partial charge is 0.461 e. The number of esters is 2. The van der Waals surface area contributed by atoms with E-state index in [9.17, 15) is 14.4 Å². The summed E-state index contributed by atoms with van der Waals surface area (Å²) in [5.74, 6) is -0.242. The Hall–Kier alpha value is -2.35. The van der Waals surface area contributed by atoms with E-state index >= 15 is 0 Å². The fraction of sp³-hybridized carbons (Fsp3) is 0.829. The Labute approximate surface area is 301 Å². The molecule has 0 rings (SSSR count). The minimum atomic E-state index is -0.571. The summed E-state index contributed by atoms with van der Waals surface area (Å²) >= 11 is 0. The van der Waals surface area contributed by atoms with Crippen LogP contribution < -0.4 is 0 Å². The van der Waals surface area contributed by atoms with Crippen LogP contribution in [-0.2, 0) is 28.5 Å². The van der Waals surface area contributed by atoms with E-state index in [1.807, 2.05) is 26.2 Å². The Morgan fingerprint density at radius 2 is 0.980 bits per heavy atom. The highest BCUT2D eigenvalue weighted by Gasteiger charge is 2.15. The van der Waals surface area contributed by atoms with Crippen LogP contribution in [0.1, 0.15) is 174 Å². The molecule has 0 aromatic heterocycles. The Morgan fingerprint density at radius 1 is 0.531 bits per heavy atom. The maximum absolute atomic E-state index is 12.3. The summed E-state index contributed by atoms with van der Waals surface area (Å²) in [5.41, 5.74) is 0. The van der Waals surface area contributed by atoms with Crippen LogP contribution in [0.3, 0.4) is 0 Å². The summed E-state index contributed by atoms with van der Waals surface area (Å²) in [7, 11) is 3.99. The molecule has 0 unspecified atom stereocenters. The van der Waals surface area contributed by atoms with Gasteiger partial charge in [-0.3, -0.25) is 9.59 Å². The highest BCUT2D eigenvalue weighted by atomic mass is 16.7. The normalized spacial score (nSPS) is 11.6. The second-order valence-electron chi connectivity index (χ2n) is 13.6. The van der Waals surface area contributed by atoms with E-state index in [-0.39, 0.29) is 18.0 Å². The van der Waals surface area contributed by atoms with Gasteiger partial charge in [-0.2, -0.15) is 0 Å². The molecule has 49 heavy (non-hydrogen) atoms. The molecular formula is C41H75NO7. The van der Waals surface area contributed by atoms with Crippen molar-refractivity contribution in [1.29, 1.82) is 0 Å². The summed E-state index contributed by atoms with van der Waals surface area (Å²) in [5, 5.41) is 0. The molecule has 0 aromatic rings. The first-order valence-electron chi connectivity index (χ1n) is 20.0. The molecule has 0 radical (unpaired) electrons. The molecule has 0 aliphatic rings. The molecule has 0 amide bonds. The van der Waals surface area contributed by atoms with Crippen molar-refractivity contribution in [3.05, 3.63) is 24.3 Å². The van der Waals surface area contributed by atoms with E-state index in [4.69, 9.17) is 18.9 Å². The first-order valence-corrected chi connectivity index (χ1v) is 20.0. The third kappa shape index (κ3) is 36.7. The molecule has 0 N–H and O–H groups in total. The largest absolute Gasteiger partial charge is 0.508 e. The van der Waals surface area contributed by atoms with Crippen molar-refractivity contribution in [3.63, 3.8) is 0 Å². The van der Waals surface area contributed by atoms with Crippen LogP contribution in [0.2, 0.25) is 0 Å². The van der Waals surface area contributed by atoms with Crippen LogP contribution in [0.5, 0.6) is 0 Å². The van der Waals surface area contributed by atoms with E-state index in [0.29, 0.717) is 32.7 Å². The number of nitrogens with zero attached hydrogens (tertiary/aromatic N) is 1. The number of hydrogen-bond acceptors (Lipinski definition) is 8. The second kappa shape index (κ2) is 36.9. The van der Waals surface area contributed by atoms with Gasteiger partial charge in [0.05, 0.1) is 6.61 Å². The Morgan fingerprint density at radius 3 is 1.45 bits per heavy atom. The lowest BCUT2D eigenvalue weighted by atomic mass is 10.0. The van der Waals surface area contributed by atoms with E-state index in [0.717, 1.165) is 103 Å². The molecule has 0 spiro atoms. The zero-order chi connectivity index (χ0) is 36.0. The molecule has 0 bridgehead atoms. The minimum Gasteiger partial charge on any atom is -0.461 e. The van der Waals surface area contributed by atoms with Crippen molar-refractivity contribution in [2.75, 3.05) is 40.5 Å². The molecule has 8 nitrogen and oxygen atoms in total. The minimum absolute atomic E-state index is 0.121. The van der Waals surface area contributed by atoms with E-state index in [1.54, 1.807) is 0 Å². The Bertz CT molecular complexity index is 775. The average Bonchev–Trinajstić information content (AvgIpc) is 3.07. The van der Waals surface area contributed by atoms with Gasteiger partial charge in [0.15, 0.2) is 0 Å². The van der Waals surface area contributed by atoms with Gasteiger partial charge in [-0.05, 0) is 84.7 Å². The van der Waals surface area contributed by atoms with Gasteiger partial charge in [-0.25, -0.2) is 4.79 Å². The van der Waals surface area contributed by atoms with Gasteiger partial charge in [-0.1, -0.05) is 115 Å². The third-order valence-corrected chi connectivity index (χ3v) is 8.51. The summed E-state index contributed by atoms with van der Waals surface area (Å²) in [6.07, 6.45) is 32.6. The van der Waals surface area contributed by atoms with Crippen LogP contribution in [0.4, 0.5) is 4.79 Å². The van der Waals surface area contributed by atoms with Gasteiger partial charge < -0.3 is 23.8 Å². The lowest BCUT2D eigenvalue weighted by molar-refractivity contribution is -0.143. The van der Waals surface area contributed by atoms with E-state index in [2.05, 4.69) is 30.9 Å². The monoisotopic (exact) mass is 694 g/mol. The third-order valence-electron chi connectivity index (χ3n) is 8.51. The van der Waals surface area contributed by atoms with Gasteiger partial charge in [-0.15, -0.1) is 0 Å². The predicted octanol–water partition coefficient (Wildman–Crippen LogP) is 11.1. The SMILES string of the molecule is CCCCCC/C=C\COC(=O)CCCCCCCC(CCCCCCCC(=O)OC/C=C\CCCCCC)OC(=O)OCCCN(C)C. The van der Waals surface area contributed by atoms with Crippen LogP contribution >= 0.6 is 0 Å². The lowest BCUT2D eigenvalue weighted by Gasteiger charge is -2.18. The molecule has 0 aromatic carbocycles. The molecule has 0 fully saturated rings. The number of allylic oxidation sites excluding steroid dienone is 2. The molecule has 0 saturated carbocycles. The van der Waals surface area contributed by atoms with Gasteiger partial charge in [0.2, 0.25) is 0 Å². The molecule has 0 aliphatic carbocycles. The van der Waals surface area contributed by atoms with E-state index in [1.165, 1.54) is 51.4 Å². The van der Waals surface area contributed by atoms with Crippen molar-refractivity contribution in [2.45, 2.75) is 180 Å². The fourth-order valence-electron chi connectivity index (χ4n) is 5.49. The summed E-state index contributed by atoms with van der Waals surface area (Å²) in [6.45, 7) is 6.39. The topological polar surface area (TPSA) is 91.4 Å². The summed E-state index contributed by atoms with van der Waals surface area (Å²) in [4.78, 5) is 38.4. The number of carbonyl (C=O) groups is 3. The lowest BCUT2D eigenvalue weighted by Crippen LogP contribution is -2.21. The number of carbonyl (C=O) groups excluding carboxylic acids is 3. The fourth-order valence-corrected chi connectivity index (χ4v) is 5.49. The standard InChI is InChI=1S/C41H75NO7/c1-5-7-9-11-13-21-27-35-46-39(43)32-25-19-15-17-23-30-38(49-41(45)48-37-29-34-42(3)4)31-24-18-16-20-26-33-40(44)47-36-28-22-14-12-10-8-6-2/h21-22,27-28,38H,5-20,23-26,29-37H2,1-4H3/b27-21-,28-22-. The van der Waals surface area contributed by atoms with Crippen molar-refractivity contribution < 1.29 is 33.3 Å². The summed E-state index contributed by atoms with van der Waals surface area (Å²) < 4.78 is 21.7. The zero-order valence-corrected chi connectivity index (χ0v) is 32.2. The molecule has 0 aliphatic heterocycles. The molecule has 0 heterocycles. The molecular weight excluding hydrogens is 618 g/mol. The quantitative estimate of drug-likeness (QED) is 0.0280. The van der Waals surface area contributed by atoms with Crippen molar-refractivity contribution in [2.24, 2.45) is 0 Å². The number of hydrogen-bond donors (Lipinski definition) is 0. The maximum atomic E-state index is 12.3. The van der Waals surface area contributed by atoms with Crippen molar-refractivity contribution >= 4 is 18.1 Å². The second-order valence-corrected chi connectivity index (χ2v) is 13.6. The number of unbranched alkanes of at least 4 members (excludes halogenated alkanes) is 16. The van der Waals surface area contributed by atoms with Crippen LogP contribution in [0.15, 0.2) is 24.3 Å². The first-order chi connectivity index (χ1) is 23.9. The van der Waals surface area contributed by atoms with Crippen molar-refractivity contribution in [3.8, 4) is 0 Å². The Kier molecular flexibility index (Phi) is 35.1. The predicted molar refractivity (Wildman–Crippen MR) is 202 cm³/mol. The average molecular weight is 694 g/mol.